The monoisotopic (exact) mass is 399 g/mol. The van der Waals surface area contributed by atoms with Gasteiger partial charge in [-0.25, -0.2) is 0 Å². The van der Waals surface area contributed by atoms with E-state index in [0.717, 1.165) is 43.9 Å². The highest BCUT2D eigenvalue weighted by Crippen LogP contribution is 2.23. The molecule has 4 heterocycles. The van der Waals surface area contributed by atoms with Crippen LogP contribution in [-0.2, 0) is 17.7 Å². The minimum Gasteiger partial charge on any atom is -0.372 e. The summed E-state index contributed by atoms with van der Waals surface area (Å²) in [5.41, 5.74) is 1.79. The van der Waals surface area contributed by atoms with Crippen LogP contribution in [0.5, 0.6) is 0 Å². The lowest BCUT2D eigenvalue weighted by Gasteiger charge is -2.35. The van der Waals surface area contributed by atoms with Crippen LogP contribution in [0.15, 0.2) is 23.0 Å². The smallest absolute Gasteiger partial charge is 0.255 e. The van der Waals surface area contributed by atoms with Crippen molar-refractivity contribution in [3.63, 3.8) is 0 Å². The maximum atomic E-state index is 12.9. The van der Waals surface area contributed by atoms with Crippen LogP contribution >= 0.6 is 0 Å². The van der Waals surface area contributed by atoms with Crippen LogP contribution < -0.4 is 0 Å². The van der Waals surface area contributed by atoms with E-state index in [-0.39, 0.29) is 18.1 Å². The Labute approximate surface area is 171 Å². The lowest BCUT2D eigenvalue weighted by Crippen LogP contribution is -2.48. The minimum absolute atomic E-state index is 0.0434. The summed E-state index contributed by atoms with van der Waals surface area (Å²) in [4.78, 5) is 25.8. The SMILES string of the molecule is Cc1nc(CN2CCC(Cc3cncc(C(=O)N4C[C@@H](C)O[C@@H](C)C4)c3)C2)no1. The maximum Gasteiger partial charge on any atom is 0.255 e. The summed E-state index contributed by atoms with van der Waals surface area (Å²) in [5, 5.41) is 3.99. The van der Waals surface area contributed by atoms with Gasteiger partial charge >= 0.3 is 0 Å². The Kier molecular flexibility index (Phi) is 5.91. The van der Waals surface area contributed by atoms with Crippen LogP contribution in [-0.4, -0.2) is 69.2 Å². The zero-order valence-corrected chi connectivity index (χ0v) is 17.4. The highest BCUT2D eigenvalue weighted by Gasteiger charge is 2.28. The van der Waals surface area contributed by atoms with E-state index in [9.17, 15) is 4.79 Å². The van der Waals surface area contributed by atoms with Crippen LogP contribution in [0.4, 0.5) is 0 Å². The molecule has 2 aliphatic rings. The van der Waals surface area contributed by atoms with E-state index in [1.54, 1.807) is 6.20 Å². The second-order valence-corrected chi connectivity index (χ2v) is 8.37. The number of amides is 1. The molecular formula is C21H29N5O3. The van der Waals surface area contributed by atoms with Gasteiger partial charge in [0.1, 0.15) is 0 Å². The molecule has 0 saturated carbocycles. The molecule has 0 N–H and O–H groups in total. The summed E-state index contributed by atoms with van der Waals surface area (Å²) < 4.78 is 10.8. The molecule has 3 atom stereocenters. The first-order valence-corrected chi connectivity index (χ1v) is 10.4. The molecule has 0 spiro atoms. The molecule has 0 aromatic carbocycles. The first-order chi connectivity index (χ1) is 14.0. The van der Waals surface area contributed by atoms with Gasteiger partial charge in [0.05, 0.1) is 24.3 Å². The van der Waals surface area contributed by atoms with Crippen molar-refractivity contribution in [3.8, 4) is 0 Å². The van der Waals surface area contributed by atoms with E-state index in [2.05, 4.69) is 20.0 Å². The Bertz CT molecular complexity index is 844. The number of hydrogen-bond acceptors (Lipinski definition) is 7. The van der Waals surface area contributed by atoms with Crippen LogP contribution in [0, 0.1) is 12.8 Å². The first-order valence-electron chi connectivity index (χ1n) is 10.4. The standard InChI is InChI=1S/C21H29N5O3/c1-14-10-26(11-15(2)28-14)21(27)19-7-18(8-22-9-19)6-17-4-5-25(12-17)13-20-23-16(3)29-24-20/h7-9,14-15,17H,4-6,10-13H2,1-3H3/t14-,15+,17?. The summed E-state index contributed by atoms with van der Waals surface area (Å²) in [6, 6.07) is 2.01. The Hall–Kier alpha value is -2.32. The summed E-state index contributed by atoms with van der Waals surface area (Å²) >= 11 is 0. The Morgan fingerprint density at radius 1 is 1.21 bits per heavy atom. The second kappa shape index (κ2) is 8.59. The molecule has 1 amide bonds. The molecule has 8 heteroatoms. The molecule has 0 aliphatic carbocycles. The summed E-state index contributed by atoms with van der Waals surface area (Å²) in [5.74, 6) is 1.93. The molecule has 2 fully saturated rings. The molecule has 2 aromatic heterocycles. The number of carbonyl (C=O) groups is 1. The van der Waals surface area contributed by atoms with Crippen LogP contribution in [0.25, 0.3) is 0 Å². The van der Waals surface area contributed by atoms with Gasteiger partial charge in [-0.3, -0.25) is 14.7 Å². The van der Waals surface area contributed by atoms with E-state index in [1.807, 2.05) is 37.9 Å². The van der Waals surface area contributed by atoms with Gasteiger partial charge in [0.2, 0.25) is 5.89 Å². The predicted molar refractivity (Wildman–Crippen MR) is 106 cm³/mol. The zero-order chi connectivity index (χ0) is 20.4. The third-order valence-corrected chi connectivity index (χ3v) is 5.58. The number of aromatic nitrogens is 3. The zero-order valence-electron chi connectivity index (χ0n) is 17.4. The molecule has 2 aromatic rings. The van der Waals surface area contributed by atoms with Crippen LogP contribution in [0.2, 0.25) is 0 Å². The summed E-state index contributed by atoms with van der Waals surface area (Å²) in [7, 11) is 0. The normalized spacial score (nSPS) is 25.5. The summed E-state index contributed by atoms with van der Waals surface area (Å²) in [6.07, 6.45) is 5.72. The van der Waals surface area contributed by atoms with Crippen molar-refractivity contribution in [1.82, 2.24) is 24.9 Å². The molecular weight excluding hydrogens is 370 g/mol. The molecule has 8 nitrogen and oxygen atoms in total. The lowest BCUT2D eigenvalue weighted by molar-refractivity contribution is -0.0586. The summed E-state index contributed by atoms with van der Waals surface area (Å²) in [6.45, 7) is 9.80. The van der Waals surface area contributed by atoms with Crippen molar-refractivity contribution in [2.24, 2.45) is 5.92 Å². The molecule has 156 valence electrons. The number of rotatable bonds is 5. The van der Waals surface area contributed by atoms with Gasteiger partial charge < -0.3 is 14.2 Å². The Balaban J connectivity index is 1.35. The molecule has 29 heavy (non-hydrogen) atoms. The van der Waals surface area contributed by atoms with E-state index >= 15 is 0 Å². The number of likely N-dealkylation sites (tertiary alicyclic amines) is 1. The van der Waals surface area contributed by atoms with Gasteiger partial charge in [0.25, 0.3) is 5.91 Å². The quantitative estimate of drug-likeness (QED) is 0.761. The van der Waals surface area contributed by atoms with Crippen LogP contribution in [0.1, 0.15) is 47.9 Å². The molecule has 0 radical (unpaired) electrons. The molecule has 2 aliphatic heterocycles. The highest BCUT2D eigenvalue weighted by atomic mass is 16.5. The lowest BCUT2D eigenvalue weighted by atomic mass is 9.99. The largest absolute Gasteiger partial charge is 0.372 e. The molecule has 1 unspecified atom stereocenters. The number of pyridine rings is 1. The van der Waals surface area contributed by atoms with Gasteiger partial charge in [-0.15, -0.1) is 0 Å². The van der Waals surface area contributed by atoms with Crippen molar-refractivity contribution in [2.45, 2.75) is 52.4 Å². The maximum absolute atomic E-state index is 12.9. The van der Waals surface area contributed by atoms with E-state index in [4.69, 9.17) is 9.26 Å². The van der Waals surface area contributed by atoms with Gasteiger partial charge in [-0.1, -0.05) is 5.16 Å². The first kappa shape index (κ1) is 20.0. The molecule has 2 saturated heterocycles. The third kappa shape index (κ3) is 5.00. The topological polar surface area (TPSA) is 84.6 Å². The number of carbonyl (C=O) groups excluding carboxylic acids is 1. The third-order valence-electron chi connectivity index (χ3n) is 5.58. The Morgan fingerprint density at radius 2 is 2.00 bits per heavy atom. The fraction of sp³-hybridized carbons (Fsp3) is 0.619. The molecule has 4 rings (SSSR count). The predicted octanol–water partition coefficient (Wildman–Crippen LogP) is 2.09. The van der Waals surface area contributed by atoms with Gasteiger partial charge in [0.15, 0.2) is 5.82 Å². The van der Waals surface area contributed by atoms with Gasteiger partial charge in [-0.05, 0) is 50.8 Å². The number of aryl methyl sites for hydroxylation is 1. The second-order valence-electron chi connectivity index (χ2n) is 8.37. The van der Waals surface area contributed by atoms with Crippen molar-refractivity contribution >= 4 is 5.91 Å². The van der Waals surface area contributed by atoms with E-state index in [1.165, 1.54) is 0 Å². The number of nitrogens with zero attached hydrogens (tertiary/aromatic N) is 5. The van der Waals surface area contributed by atoms with Crippen molar-refractivity contribution in [2.75, 3.05) is 26.2 Å². The highest BCUT2D eigenvalue weighted by molar-refractivity contribution is 5.94. The minimum atomic E-state index is 0.0434. The molecule has 0 bridgehead atoms. The fourth-order valence-corrected chi connectivity index (χ4v) is 4.40. The van der Waals surface area contributed by atoms with E-state index in [0.29, 0.717) is 30.5 Å². The van der Waals surface area contributed by atoms with Gasteiger partial charge in [-0.2, -0.15) is 4.98 Å². The van der Waals surface area contributed by atoms with E-state index < -0.39 is 0 Å². The Morgan fingerprint density at radius 3 is 2.72 bits per heavy atom. The van der Waals surface area contributed by atoms with Crippen molar-refractivity contribution in [3.05, 3.63) is 41.3 Å². The average Bonchev–Trinajstić information content (AvgIpc) is 3.29. The average molecular weight is 399 g/mol. The van der Waals surface area contributed by atoms with Gasteiger partial charge in [0, 0.05) is 39.0 Å². The number of hydrogen-bond donors (Lipinski definition) is 0. The number of ether oxygens (including phenoxy) is 1. The van der Waals surface area contributed by atoms with Crippen molar-refractivity contribution < 1.29 is 14.1 Å². The fourth-order valence-electron chi connectivity index (χ4n) is 4.40. The van der Waals surface area contributed by atoms with Crippen LogP contribution in [0.3, 0.4) is 0 Å². The number of morpholine rings is 1. The van der Waals surface area contributed by atoms with Crippen molar-refractivity contribution in [1.29, 1.82) is 0 Å².